The van der Waals surface area contributed by atoms with Crippen LogP contribution in [0.25, 0.3) is 0 Å². The van der Waals surface area contributed by atoms with E-state index >= 15 is 0 Å². The normalized spacial score (nSPS) is 16.8. The lowest BCUT2D eigenvalue weighted by Crippen LogP contribution is -2.51. The van der Waals surface area contributed by atoms with Crippen molar-refractivity contribution in [3.63, 3.8) is 0 Å². The molecule has 2 N–H and O–H groups in total. The summed E-state index contributed by atoms with van der Waals surface area (Å²) in [4.78, 5) is 25.2. The Kier molecular flexibility index (Phi) is 4.93. The molecule has 1 fully saturated rings. The van der Waals surface area contributed by atoms with Gasteiger partial charge in [-0.3, -0.25) is 4.79 Å². The Morgan fingerprint density at radius 3 is 2.41 bits per heavy atom. The van der Waals surface area contributed by atoms with E-state index in [0.717, 1.165) is 12.8 Å². The van der Waals surface area contributed by atoms with Crippen molar-refractivity contribution in [3.05, 3.63) is 0 Å². The maximum Gasteiger partial charge on any atom is 0.332 e. The molecule has 5 heteroatoms. The van der Waals surface area contributed by atoms with Gasteiger partial charge in [0.2, 0.25) is 0 Å². The van der Waals surface area contributed by atoms with Gasteiger partial charge in [-0.05, 0) is 39.5 Å². The first kappa shape index (κ1) is 14.0. The largest absolute Gasteiger partial charge is 0.464 e. The monoisotopic (exact) mass is 242 g/mol. The van der Waals surface area contributed by atoms with E-state index in [1.165, 1.54) is 0 Å². The summed E-state index contributed by atoms with van der Waals surface area (Å²) < 4.78 is 4.76. The molecule has 0 saturated heterocycles. The van der Waals surface area contributed by atoms with Crippen molar-refractivity contribution in [2.45, 2.75) is 45.7 Å². The minimum absolute atomic E-state index is 0.0589. The molecule has 0 aromatic rings. The standard InChI is InChI=1S/C12H22N2O3/c1-4-17-12(16)10(13)11(15)14(8(2)3)7-9-5-6-9/h8-10H,4-7,13H2,1-3H3. The summed E-state index contributed by atoms with van der Waals surface area (Å²) in [6.07, 6.45) is 2.32. The number of hydrogen-bond donors (Lipinski definition) is 1. The number of rotatable bonds is 6. The third-order valence-electron chi connectivity index (χ3n) is 2.86. The number of nitrogens with two attached hydrogens (primary N) is 1. The predicted octanol–water partition coefficient (Wildman–Crippen LogP) is 0.524. The lowest BCUT2D eigenvalue weighted by atomic mass is 10.2. The molecule has 1 atom stereocenters. The van der Waals surface area contributed by atoms with Crippen molar-refractivity contribution in [1.29, 1.82) is 0 Å². The highest BCUT2D eigenvalue weighted by atomic mass is 16.5. The number of nitrogens with zero attached hydrogens (tertiary/aromatic N) is 1. The summed E-state index contributed by atoms with van der Waals surface area (Å²) in [6, 6.07) is -1.13. The Hall–Kier alpha value is -1.10. The molecule has 0 spiro atoms. The number of amides is 1. The van der Waals surface area contributed by atoms with Crippen LogP contribution in [0.2, 0.25) is 0 Å². The number of carbonyl (C=O) groups excluding carboxylic acids is 2. The van der Waals surface area contributed by atoms with Crippen molar-refractivity contribution in [1.82, 2.24) is 4.90 Å². The molecule has 1 aliphatic carbocycles. The van der Waals surface area contributed by atoms with Gasteiger partial charge in [0.05, 0.1) is 6.61 Å². The summed E-state index contributed by atoms with van der Waals surface area (Å²) in [5.41, 5.74) is 5.62. The van der Waals surface area contributed by atoms with Crippen LogP contribution in [0.1, 0.15) is 33.6 Å². The third kappa shape index (κ3) is 4.00. The lowest BCUT2D eigenvalue weighted by Gasteiger charge is -2.28. The summed E-state index contributed by atoms with van der Waals surface area (Å²) in [5, 5.41) is 0. The number of carbonyl (C=O) groups is 2. The molecule has 1 amide bonds. The van der Waals surface area contributed by atoms with Gasteiger partial charge < -0.3 is 15.4 Å². The molecular formula is C12H22N2O3. The SMILES string of the molecule is CCOC(=O)C(N)C(=O)N(CC1CC1)C(C)C. The smallest absolute Gasteiger partial charge is 0.332 e. The number of hydrogen-bond acceptors (Lipinski definition) is 4. The maximum absolute atomic E-state index is 12.1. The minimum atomic E-state index is -1.18. The molecule has 0 heterocycles. The molecule has 1 saturated carbocycles. The summed E-state index contributed by atoms with van der Waals surface area (Å²) in [7, 11) is 0. The zero-order valence-electron chi connectivity index (χ0n) is 10.8. The second-order valence-corrected chi connectivity index (χ2v) is 4.76. The van der Waals surface area contributed by atoms with E-state index in [4.69, 9.17) is 10.5 Å². The average Bonchev–Trinajstić information content (AvgIpc) is 3.07. The fraction of sp³-hybridized carbons (Fsp3) is 0.833. The van der Waals surface area contributed by atoms with Crippen LogP contribution in [0.4, 0.5) is 0 Å². The first-order valence-electron chi connectivity index (χ1n) is 6.20. The fourth-order valence-corrected chi connectivity index (χ4v) is 1.65. The van der Waals surface area contributed by atoms with E-state index < -0.39 is 12.0 Å². The molecule has 98 valence electrons. The summed E-state index contributed by atoms with van der Waals surface area (Å²) in [6.45, 7) is 6.49. The van der Waals surface area contributed by atoms with Gasteiger partial charge in [-0.1, -0.05) is 0 Å². The lowest BCUT2D eigenvalue weighted by molar-refractivity contribution is -0.151. The Bertz CT molecular complexity index is 287. The first-order valence-corrected chi connectivity index (χ1v) is 6.20. The van der Waals surface area contributed by atoms with Crippen LogP contribution in [-0.2, 0) is 14.3 Å². The van der Waals surface area contributed by atoms with Gasteiger partial charge in [-0.25, -0.2) is 4.79 Å². The Labute approximate surface area is 102 Å². The zero-order chi connectivity index (χ0) is 13.0. The van der Waals surface area contributed by atoms with Gasteiger partial charge in [0.25, 0.3) is 5.91 Å². The van der Waals surface area contributed by atoms with Gasteiger partial charge in [0, 0.05) is 12.6 Å². The first-order chi connectivity index (χ1) is 7.97. The molecule has 1 aliphatic rings. The van der Waals surface area contributed by atoms with Crippen LogP contribution >= 0.6 is 0 Å². The highest BCUT2D eigenvalue weighted by Gasteiger charge is 2.33. The molecule has 5 nitrogen and oxygen atoms in total. The third-order valence-corrected chi connectivity index (χ3v) is 2.86. The highest BCUT2D eigenvalue weighted by Crippen LogP contribution is 2.30. The second-order valence-electron chi connectivity index (χ2n) is 4.76. The van der Waals surface area contributed by atoms with Crippen molar-refractivity contribution in [2.24, 2.45) is 11.7 Å². The van der Waals surface area contributed by atoms with Gasteiger partial charge in [0.1, 0.15) is 0 Å². The zero-order valence-corrected chi connectivity index (χ0v) is 10.8. The molecule has 17 heavy (non-hydrogen) atoms. The van der Waals surface area contributed by atoms with Crippen LogP contribution in [0.15, 0.2) is 0 Å². The molecule has 0 radical (unpaired) electrons. The van der Waals surface area contributed by atoms with Gasteiger partial charge in [0.15, 0.2) is 6.04 Å². The molecule has 1 unspecified atom stereocenters. The second kappa shape index (κ2) is 6.00. The van der Waals surface area contributed by atoms with Crippen molar-refractivity contribution in [2.75, 3.05) is 13.2 Å². The maximum atomic E-state index is 12.1. The predicted molar refractivity (Wildman–Crippen MR) is 64.2 cm³/mol. The summed E-state index contributed by atoms with van der Waals surface area (Å²) in [5.74, 6) is -0.389. The molecule has 0 aliphatic heterocycles. The van der Waals surface area contributed by atoms with Crippen LogP contribution < -0.4 is 5.73 Å². The summed E-state index contributed by atoms with van der Waals surface area (Å²) >= 11 is 0. The Morgan fingerprint density at radius 1 is 1.41 bits per heavy atom. The van der Waals surface area contributed by atoms with Crippen LogP contribution in [0.3, 0.4) is 0 Å². The number of ether oxygens (including phenoxy) is 1. The average molecular weight is 242 g/mol. The van der Waals surface area contributed by atoms with Crippen molar-refractivity contribution < 1.29 is 14.3 Å². The van der Waals surface area contributed by atoms with Crippen molar-refractivity contribution in [3.8, 4) is 0 Å². The van der Waals surface area contributed by atoms with E-state index in [1.54, 1.807) is 11.8 Å². The van der Waals surface area contributed by atoms with Crippen LogP contribution in [0, 0.1) is 5.92 Å². The Morgan fingerprint density at radius 2 is 2.00 bits per heavy atom. The van der Waals surface area contributed by atoms with Crippen LogP contribution in [-0.4, -0.2) is 42.0 Å². The van der Waals surface area contributed by atoms with Crippen molar-refractivity contribution >= 4 is 11.9 Å². The molecule has 1 rings (SSSR count). The van der Waals surface area contributed by atoms with Gasteiger partial charge >= 0.3 is 5.97 Å². The fourth-order valence-electron chi connectivity index (χ4n) is 1.65. The number of esters is 1. The topological polar surface area (TPSA) is 72.6 Å². The molecule has 0 aromatic heterocycles. The molecular weight excluding hydrogens is 220 g/mol. The van der Waals surface area contributed by atoms with E-state index in [0.29, 0.717) is 12.5 Å². The molecule has 0 aromatic carbocycles. The van der Waals surface area contributed by atoms with Gasteiger partial charge in [-0.15, -0.1) is 0 Å². The van der Waals surface area contributed by atoms with E-state index in [1.807, 2.05) is 13.8 Å². The minimum Gasteiger partial charge on any atom is -0.464 e. The molecule has 0 bridgehead atoms. The van der Waals surface area contributed by atoms with E-state index in [-0.39, 0.29) is 18.6 Å². The van der Waals surface area contributed by atoms with E-state index in [2.05, 4.69) is 0 Å². The Balaban J connectivity index is 2.59. The van der Waals surface area contributed by atoms with Crippen LogP contribution in [0.5, 0.6) is 0 Å². The van der Waals surface area contributed by atoms with Gasteiger partial charge in [-0.2, -0.15) is 0 Å². The highest BCUT2D eigenvalue weighted by molar-refractivity contribution is 6.01. The van der Waals surface area contributed by atoms with E-state index in [9.17, 15) is 9.59 Å². The quantitative estimate of drug-likeness (QED) is 0.544.